The summed E-state index contributed by atoms with van der Waals surface area (Å²) in [6, 6.07) is -5.48. The maximum atomic E-state index is 12.3. The average molecular weight is 463 g/mol. The molecule has 0 unspecified atom stereocenters. The monoisotopic (exact) mass is 463 g/mol. The highest BCUT2D eigenvalue weighted by Gasteiger charge is 2.29. The predicted octanol–water partition coefficient (Wildman–Crippen LogP) is -4.62. The van der Waals surface area contributed by atoms with Crippen molar-refractivity contribution in [3.05, 3.63) is 0 Å². The largest absolute Gasteiger partial charge is 0.480 e. The summed E-state index contributed by atoms with van der Waals surface area (Å²) in [5.74, 6) is -4.93. The van der Waals surface area contributed by atoms with Crippen LogP contribution in [-0.2, 0) is 24.0 Å². The van der Waals surface area contributed by atoms with Crippen LogP contribution in [0.5, 0.6) is 0 Å². The number of nitrogens with two attached hydrogens (primary N) is 1. The number of aliphatic hydroxyl groups excluding tert-OH is 3. The van der Waals surface area contributed by atoms with E-state index >= 15 is 0 Å². The van der Waals surface area contributed by atoms with E-state index in [2.05, 4.69) is 16.0 Å². The molecule has 0 radical (unpaired) electrons. The smallest absolute Gasteiger partial charge is 0.328 e. The Kier molecular flexibility index (Phi) is 13.0. The third-order valence-electron chi connectivity index (χ3n) is 4.18. The van der Waals surface area contributed by atoms with Crippen molar-refractivity contribution in [1.82, 2.24) is 21.3 Å². The summed E-state index contributed by atoms with van der Waals surface area (Å²) in [4.78, 5) is 59.2. The van der Waals surface area contributed by atoms with E-state index < -0.39 is 79.6 Å². The molecule has 10 N–H and O–H groups in total. The number of aliphatic carboxylic acids is 1. The summed E-state index contributed by atoms with van der Waals surface area (Å²) in [6.07, 6.45) is -0.956. The number of carboxylic acids is 1. The number of carboxylic acid groups (broad SMARTS) is 1. The molecule has 0 heterocycles. The molecule has 5 atom stereocenters. The third kappa shape index (κ3) is 10.5. The first-order valence-corrected chi connectivity index (χ1v) is 9.89. The van der Waals surface area contributed by atoms with Gasteiger partial charge in [0.25, 0.3) is 0 Å². The minimum atomic E-state index is -1.63. The van der Waals surface area contributed by atoms with Crippen molar-refractivity contribution in [2.75, 3.05) is 19.8 Å². The van der Waals surface area contributed by atoms with E-state index in [0.29, 0.717) is 6.42 Å². The molecular weight excluding hydrogens is 430 g/mol. The Morgan fingerprint density at radius 3 is 1.84 bits per heavy atom. The van der Waals surface area contributed by atoms with Gasteiger partial charge in [0.15, 0.2) is 0 Å². The van der Waals surface area contributed by atoms with Crippen LogP contribution in [-0.4, -0.2) is 100 Å². The molecular formula is C18H33N5O9. The zero-order valence-electron chi connectivity index (χ0n) is 18.2. The highest BCUT2D eigenvalue weighted by Crippen LogP contribution is 2.04. The first-order valence-electron chi connectivity index (χ1n) is 9.89. The fourth-order valence-electron chi connectivity index (χ4n) is 2.46. The maximum absolute atomic E-state index is 12.3. The van der Waals surface area contributed by atoms with E-state index in [-0.39, 0.29) is 5.92 Å². The van der Waals surface area contributed by atoms with Gasteiger partial charge in [-0.15, -0.1) is 0 Å². The zero-order chi connectivity index (χ0) is 25.0. The number of nitrogens with one attached hydrogen (secondary N) is 4. The minimum absolute atomic E-state index is 0.123. The van der Waals surface area contributed by atoms with Gasteiger partial charge in [0.1, 0.15) is 18.1 Å². The van der Waals surface area contributed by atoms with Gasteiger partial charge in [-0.1, -0.05) is 13.8 Å². The molecule has 0 aromatic rings. The summed E-state index contributed by atoms with van der Waals surface area (Å²) in [5.41, 5.74) is 5.75. The SMILES string of the molecule is CC(C)C[C@H](N)C(=O)N[C@H](C(=O)NCC(=O)N[C@@H](CO)C(=O)N[C@@H](CO)C(=O)O)[C@H](C)O. The second-order valence-electron chi connectivity index (χ2n) is 7.57. The van der Waals surface area contributed by atoms with Crippen LogP contribution in [0.15, 0.2) is 0 Å². The van der Waals surface area contributed by atoms with Gasteiger partial charge >= 0.3 is 5.97 Å². The Hall–Kier alpha value is -2.81. The molecule has 0 saturated heterocycles. The molecule has 0 aliphatic carbocycles. The van der Waals surface area contributed by atoms with Crippen molar-refractivity contribution in [2.24, 2.45) is 11.7 Å². The lowest BCUT2D eigenvalue weighted by atomic mass is 10.0. The number of rotatable bonds is 14. The van der Waals surface area contributed by atoms with Gasteiger partial charge in [0.05, 0.1) is 31.9 Å². The summed E-state index contributed by atoms with van der Waals surface area (Å²) in [5, 5.41) is 45.3. The summed E-state index contributed by atoms with van der Waals surface area (Å²) < 4.78 is 0. The lowest BCUT2D eigenvalue weighted by Crippen LogP contribution is -2.58. The molecule has 0 rings (SSSR count). The van der Waals surface area contributed by atoms with Crippen LogP contribution >= 0.6 is 0 Å². The van der Waals surface area contributed by atoms with Gasteiger partial charge in [-0.3, -0.25) is 19.2 Å². The quantitative estimate of drug-likeness (QED) is 0.119. The third-order valence-corrected chi connectivity index (χ3v) is 4.18. The van der Waals surface area contributed by atoms with Crippen LogP contribution in [0.3, 0.4) is 0 Å². The molecule has 0 aliphatic rings. The fourth-order valence-corrected chi connectivity index (χ4v) is 2.46. The topological polar surface area (TPSA) is 240 Å². The summed E-state index contributed by atoms with van der Waals surface area (Å²) >= 11 is 0. The van der Waals surface area contributed by atoms with Crippen LogP contribution in [0.2, 0.25) is 0 Å². The van der Waals surface area contributed by atoms with Gasteiger partial charge in [-0.25, -0.2) is 4.79 Å². The molecule has 0 saturated carbocycles. The Balaban J connectivity index is 4.84. The highest BCUT2D eigenvalue weighted by atomic mass is 16.4. The second-order valence-corrected chi connectivity index (χ2v) is 7.57. The van der Waals surface area contributed by atoms with Gasteiger partial charge in [-0.2, -0.15) is 0 Å². The molecule has 0 aliphatic heterocycles. The first kappa shape index (κ1) is 29.2. The molecule has 14 nitrogen and oxygen atoms in total. The van der Waals surface area contributed by atoms with Crippen molar-refractivity contribution < 1.29 is 44.4 Å². The zero-order valence-corrected chi connectivity index (χ0v) is 18.2. The highest BCUT2D eigenvalue weighted by molar-refractivity contribution is 5.94. The lowest BCUT2D eigenvalue weighted by molar-refractivity contribution is -0.143. The molecule has 0 bridgehead atoms. The van der Waals surface area contributed by atoms with Crippen LogP contribution in [0.25, 0.3) is 0 Å². The number of carbonyl (C=O) groups is 5. The van der Waals surface area contributed by atoms with Crippen LogP contribution < -0.4 is 27.0 Å². The van der Waals surface area contributed by atoms with Crippen LogP contribution in [0.1, 0.15) is 27.2 Å². The molecule has 0 aromatic carbocycles. The Bertz CT molecular complexity index is 671. The van der Waals surface area contributed by atoms with E-state index in [1.54, 1.807) is 0 Å². The fraction of sp³-hybridized carbons (Fsp3) is 0.722. The van der Waals surface area contributed by atoms with Crippen LogP contribution in [0.4, 0.5) is 0 Å². The van der Waals surface area contributed by atoms with Crippen molar-refractivity contribution in [2.45, 2.75) is 57.5 Å². The number of aliphatic hydroxyl groups is 3. The average Bonchev–Trinajstić information content (AvgIpc) is 2.70. The van der Waals surface area contributed by atoms with Gasteiger partial charge in [0, 0.05) is 0 Å². The van der Waals surface area contributed by atoms with Crippen molar-refractivity contribution in [1.29, 1.82) is 0 Å². The Morgan fingerprint density at radius 2 is 1.41 bits per heavy atom. The number of carbonyl (C=O) groups excluding carboxylic acids is 4. The van der Waals surface area contributed by atoms with Gasteiger partial charge in [-0.05, 0) is 19.3 Å². The Morgan fingerprint density at radius 1 is 0.844 bits per heavy atom. The van der Waals surface area contributed by atoms with Crippen molar-refractivity contribution in [3.8, 4) is 0 Å². The number of hydrogen-bond acceptors (Lipinski definition) is 9. The van der Waals surface area contributed by atoms with Crippen molar-refractivity contribution in [3.63, 3.8) is 0 Å². The summed E-state index contributed by atoms with van der Waals surface area (Å²) in [6.45, 7) is 2.50. The molecule has 0 aromatic heterocycles. The van der Waals surface area contributed by atoms with E-state index in [0.717, 1.165) is 0 Å². The second kappa shape index (κ2) is 14.3. The van der Waals surface area contributed by atoms with E-state index in [4.69, 9.17) is 15.9 Å². The molecule has 0 fully saturated rings. The summed E-state index contributed by atoms with van der Waals surface area (Å²) in [7, 11) is 0. The standard InChI is InChI=1S/C18H33N5O9/c1-8(2)4-10(19)15(28)23-14(9(3)26)17(30)20-5-13(27)21-11(6-24)16(29)22-12(7-25)18(31)32/h8-12,14,24-26H,4-7,19H2,1-3H3,(H,20,30)(H,21,27)(H,22,29)(H,23,28)(H,31,32)/t9-,10-,11-,12-,14-/m0/s1. The number of amides is 4. The van der Waals surface area contributed by atoms with E-state index in [1.165, 1.54) is 6.92 Å². The first-order chi connectivity index (χ1) is 14.8. The van der Waals surface area contributed by atoms with E-state index in [9.17, 15) is 34.2 Å². The maximum Gasteiger partial charge on any atom is 0.328 e. The Labute approximate surface area is 184 Å². The van der Waals surface area contributed by atoms with Crippen molar-refractivity contribution >= 4 is 29.6 Å². The van der Waals surface area contributed by atoms with E-state index in [1.807, 2.05) is 19.2 Å². The normalized spacial score (nSPS) is 15.6. The molecule has 4 amide bonds. The molecule has 32 heavy (non-hydrogen) atoms. The molecule has 184 valence electrons. The predicted molar refractivity (Wildman–Crippen MR) is 110 cm³/mol. The lowest BCUT2D eigenvalue weighted by Gasteiger charge is -2.23. The minimum Gasteiger partial charge on any atom is -0.480 e. The van der Waals surface area contributed by atoms with Gasteiger partial charge < -0.3 is 47.4 Å². The number of hydrogen-bond donors (Lipinski definition) is 9. The molecule has 14 heteroatoms. The van der Waals surface area contributed by atoms with Crippen LogP contribution in [0, 0.1) is 5.92 Å². The molecule has 0 spiro atoms. The van der Waals surface area contributed by atoms with Gasteiger partial charge in [0.2, 0.25) is 23.6 Å².